The van der Waals surface area contributed by atoms with E-state index in [0.717, 1.165) is 0 Å². The zero-order valence-electron chi connectivity index (χ0n) is 8.99. The molecule has 1 N–H and O–H groups in total. The van der Waals surface area contributed by atoms with Gasteiger partial charge in [0.05, 0.1) is 25.0 Å². The molecule has 6 nitrogen and oxygen atoms in total. The van der Waals surface area contributed by atoms with E-state index in [1.165, 1.54) is 0 Å². The molecule has 1 rings (SSSR count). The second kappa shape index (κ2) is 6.31. The normalized spacial score (nSPS) is 9.19. The maximum atomic E-state index is 8.37. The average molecular weight is 220 g/mol. The Morgan fingerprint density at radius 3 is 2.44 bits per heavy atom. The van der Waals surface area contributed by atoms with Crippen molar-refractivity contribution in [2.24, 2.45) is 0 Å². The summed E-state index contributed by atoms with van der Waals surface area (Å²) in [5.41, 5.74) is 0. The predicted octanol–water partition coefficient (Wildman–Crippen LogP) is 1.30. The fourth-order valence-corrected chi connectivity index (χ4v) is 1.04. The van der Waals surface area contributed by atoms with Crippen molar-refractivity contribution in [3.63, 3.8) is 0 Å². The monoisotopic (exact) mass is 220 g/mol. The first-order valence-corrected chi connectivity index (χ1v) is 4.84. The van der Waals surface area contributed by atoms with Crippen LogP contribution in [-0.2, 0) is 0 Å². The Balaban J connectivity index is 2.54. The van der Waals surface area contributed by atoms with Crippen molar-refractivity contribution < 1.29 is 9.47 Å². The van der Waals surface area contributed by atoms with E-state index in [9.17, 15) is 0 Å². The highest BCUT2D eigenvalue weighted by Crippen LogP contribution is 2.23. The van der Waals surface area contributed by atoms with Crippen LogP contribution >= 0.6 is 0 Å². The second-order valence-corrected chi connectivity index (χ2v) is 2.97. The van der Waals surface area contributed by atoms with E-state index in [1.807, 2.05) is 12.1 Å². The molecular weight excluding hydrogens is 208 g/mol. The molecule has 1 heterocycles. The molecule has 0 amide bonds. The van der Waals surface area contributed by atoms with Crippen LogP contribution in [0.3, 0.4) is 0 Å². The Morgan fingerprint density at radius 2 is 1.81 bits per heavy atom. The first-order chi connectivity index (χ1) is 7.77. The van der Waals surface area contributed by atoms with Gasteiger partial charge in [0.1, 0.15) is 19.0 Å². The Kier molecular flexibility index (Phi) is 4.68. The number of nitrogens with one attached hydrogen (secondary N) is 1. The molecule has 0 radical (unpaired) electrons. The topological polar surface area (TPSA) is 94.7 Å². The zero-order chi connectivity index (χ0) is 11.8. The van der Waals surface area contributed by atoms with Gasteiger partial charge in [-0.3, -0.25) is 0 Å². The van der Waals surface area contributed by atoms with Crippen LogP contribution in [0.5, 0.6) is 11.8 Å². The van der Waals surface area contributed by atoms with Crippen LogP contribution in [0.4, 0.5) is 0 Å². The number of nitrogens with zero attached hydrogens (tertiary/aromatic N) is 3. The molecule has 0 spiro atoms. The Hall–Kier alpha value is -2.21. The number of aromatic nitrogens is 2. The summed E-state index contributed by atoms with van der Waals surface area (Å²) >= 11 is 0. The van der Waals surface area contributed by atoms with E-state index in [2.05, 4.69) is 9.97 Å². The minimum absolute atomic E-state index is 0.273. The number of aromatic amines is 1. The van der Waals surface area contributed by atoms with Gasteiger partial charge in [0.25, 0.3) is 11.8 Å². The molecule has 84 valence electrons. The van der Waals surface area contributed by atoms with Crippen LogP contribution in [0, 0.1) is 29.6 Å². The summed E-state index contributed by atoms with van der Waals surface area (Å²) in [6.45, 7) is 2.33. The van der Waals surface area contributed by atoms with Gasteiger partial charge in [-0.1, -0.05) is 0 Å². The van der Waals surface area contributed by atoms with Crippen molar-refractivity contribution >= 4 is 0 Å². The van der Waals surface area contributed by atoms with E-state index in [4.69, 9.17) is 20.0 Å². The summed E-state index contributed by atoms with van der Waals surface area (Å²) in [6.07, 6.45) is 0.596. The maximum Gasteiger partial charge on any atom is 0.277 e. The largest absolute Gasteiger partial charge is 0.474 e. The van der Waals surface area contributed by atoms with Crippen LogP contribution in [0.2, 0.25) is 0 Å². The quantitative estimate of drug-likeness (QED) is 0.729. The SMILES string of the molecule is Cc1nc(OCCC#N)c(OCCC#N)[nH]1. The van der Waals surface area contributed by atoms with Crippen LogP contribution in [-0.4, -0.2) is 23.2 Å². The van der Waals surface area contributed by atoms with Gasteiger partial charge >= 0.3 is 0 Å². The molecule has 0 aromatic carbocycles. The molecule has 0 unspecified atom stereocenters. The number of H-pyrrole nitrogens is 1. The molecule has 6 heteroatoms. The summed E-state index contributed by atoms with van der Waals surface area (Å²) < 4.78 is 10.5. The van der Waals surface area contributed by atoms with E-state index in [1.54, 1.807) is 6.92 Å². The van der Waals surface area contributed by atoms with Crippen molar-refractivity contribution in [1.82, 2.24) is 9.97 Å². The smallest absolute Gasteiger partial charge is 0.277 e. The van der Waals surface area contributed by atoms with Crippen molar-refractivity contribution in [2.45, 2.75) is 19.8 Å². The molecular formula is C10H12N4O2. The highest BCUT2D eigenvalue weighted by Gasteiger charge is 2.10. The molecule has 0 aliphatic rings. The predicted molar refractivity (Wildman–Crippen MR) is 54.8 cm³/mol. The van der Waals surface area contributed by atoms with E-state index in [0.29, 0.717) is 30.4 Å². The van der Waals surface area contributed by atoms with Crippen molar-refractivity contribution in [1.29, 1.82) is 10.5 Å². The highest BCUT2D eigenvalue weighted by atomic mass is 16.5. The van der Waals surface area contributed by atoms with Gasteiger partial charge in [-0.25, -0.2) is 0 Å². The van der Waals surface area contributed by atoms with Gasteiger partial charge in [-0.2, -0.15) is 15.5 Å². The van der Waals surface area contributed by atoms with Crippen LogP contribution < -0.4 is 9.47 Å². The Labute approximate surface area is 93.4 Å². The van der Waals surface area contributed by atoms with Crippen LogP contribution in [0.25, 0.3) is 0 Å². The van der Waals surface area contributed by atoms with Crippen molar-refractivity contribution in [3.8, 4) is 23.9 Å². The van der Waals surface area contributed by atoms with Gasteiger partial charge in [-0.15, -0.1) is 0 Å². The van der Waals surface area contributed by atoms with E-state index >= 15 is 0 Å². The third-order valence-corrected chi connectivity index (χ3v) is 1.67. The molecule has 0 aliphatic carbocycles. The lowest BCUT2D eigenvalue weighted by molar-refractivity contribution is 0.264. The number of ether oxygens (including phenoxy) is 2. The Bertz CT molecular complexity index is 376. The molecule has 0 bridgehead atoms. The number of nitriles is 2. The van der Waals surface area contributed by atoms with Gasteiger partial charge < -0.3 is 14.5 Å². The summed E-state index contributed by atoms with van der Waals surface area (Å²) in [5, 5.41) is 16.7. The van der Waals surface area contributed by atoms with E-state index in [-0.39, 0.29) is 13.2 Å². The lowest BCUT2D eigenvalue weighted by atomic mass is 10.5. The number of imidazole rings is 1. The lowest BCUT2D eigenvalue weighted by Crippen LogP contribution is -2.01. The van der Waals surface area contributed by atoms with E-state index < -0.39 is 0 Å². The van der Waals surface area contributed by atoms with Crippen LogP contribution in [0.15, 0.2) is 0 Å². The second-order valence-electron chi connectivity index (χ2n) is 2.97. The standard InChI is InChI=1S/C10H12N4O2/c1-8-13-9(15-6-2-4-11)10(14-8)16-7-3-5-12/h2-3,6-7H2,1H3,(H,13,14). The molecule has 1 aromatic rings. The van der Waals surface area contributed by atoms with Gasteiger partial charge in [-0.05, 0) is 6.92 Å². The molecule has 0 fully saturated rings. The van der Waals surface area contributed by atoms with Gasteiger partial charge in [0, 0.05) is 0 Å². The van der Waals surface area contributed by atoms with Crippen molar-refractivity contribution in [2.75, 3.05) is 13.2 Å². The zero-order valence-corrected chi connectivity index (χ0v) is 8.99. The molecule has 0 aliphatic heterocycles. The summed E-state index contributed by atoms with van der Waals surface area (Å²) in [6, 6.07) is 3.94. The molecule has 1 aromatic heterocycles. The molecule has 0 atom stereocenters. The third kappa shape index (κ3) is 3.50. The minimum Gasteiger partial charge on any atom is -0.474 e. The van der Waals surface area contributed by atoms with Crippen LogP contribution in [0.1, 0.15) is 18.7 Å². The van der Waals surface area contributed by atoms with Gasteiger partial charge in [0.15, 0.2) is 0 Å². The Morgan fingerprint density at radius 1 is 1.19 bits per heavy atom. The summed E-state index contributed by atoms with van der Waals surface area (Å²) in [4.78, 5) is 6.95. The first kappa shape index (κ1) is 11.9. The fraction of sp³-hybridized carbons (Fsp3) is 0.500. The number of hydrogen-bond acceptors (Lipinski definition) is 5. The molecule has 0 saturated heterocycles. The highest BCUT2D eigenvalue weighted by molar-refractivity contribution is 5.27. The average Bonchev–Trinajstić information content (AvgIpc) is 2.60. The number of rotatable bonds is 6. The van der Waals surface area contributed by atoms with Crippen molar-refractivity contribution in [3.05, 3.63) is 5.82 Å². The molecule has 0 saturated carbocycles. The number of hydrogen-bond donors (Lipinski definition) is 1. The first-order valence-electron chi connectivity index (χ1n) is 4.84. The summed E-state index contributed by atoms with van der Waals surface area (Å²) in [5.74, 6) is 1.41. The third-order valence-electron chi connectivity index (χ3n) is 1.67. The molecule has 16 heavy (non-hydrogen) atoms. The minimum atomic E-state index is 0.273. The summed E-state index contributed by atoms with van der Waals surface area (Å²) in [7, 11) is 0. The number of aryl methyl sites for hydroxylation is 1. The lowest BCUT2D eigenvalue weighted by Gasteiger charge is -2.04. The fourth-order valence-electron chi connectivity index (χ4n) is 1.04. The maximum absolute atomic E-state index is 8.37. The van der Waals surface area contributed by atoms with Gasteiger partial charge in [0.2, 0.25) is 0 Å².